The van der Waals surface area contributed by atoms with E-state index < -0.39 is 6.61 Å². The van der Waals surface area contributed by atoms with E-state index in [0.717, 1.165) is 45.7 Å². The minimum Gasteiger partial charge on any atom is -0.487 e. The number of aliphatic hydroxyl groups excluding tert-OH is 1. The van der Waals surface area contributed by atoms with Gasteiger partial charge in [-0.3, -0.25) is 4.79 Å². The van der Waals surface area contributed by atoms with Crippen LogP contribution in [-0.4, -0.2) is 27.5 Å². The molecule has 0 saturated heterocycles. The Morgan fingerprint density at radius 2 is 1.85 bits per heavy atom. The van der Waals surface area contributed by atoms with Gasteiger partial charge in [0.1, 0.15) is 48.4 Å². The molecule has 0 spiro atoms. The van der Waals surface area contributed by atoms with Crippen LogP contribution in [0.3, 0.4) is 0 Å². The standard InChI is InChI=1S/C31H27ClFN3O4/c32-27-16-23(10-13-30(27)39-18-20-5-8-22(33)9-6-20)36-31-26-15-21(7-12-28(26)34-19-35-31)29-14-11-25(40-29)4-2-1-3-24(38)17-37/h5-16,19,37H,1-4,17-18H2,(H,34,35,36). The van der Waals surface area contributed by atoms with E-state index in [4.69, 9.17) is 25.9 Å². The predicted octanol–water partition coefficient (Wildman–Crippen LogP) is 7.28. The Kier molecular flexibility index (Phi) is 8.68. The predicted molar refractivity (Wildman–Crippen MR) is 152 cm³/mol. The third-order valence-electron chi connectivity index (χ3n) is 6.39. The third kappa shape index (κ3) is 6.83. The minimum atomic E-state index is -0.404. The van der Waals surface area contributed by atoms with E-state index in [9.17, 15) is 9.18 Å². The molecule has 3 aromatic carbocycles. The Labute approximate surface area is 235 Å². The summed E-state index contributed by atoms with van der Waals surface area (Å²) in [5.41, 5.74) is 3.22. The molecule has 0 fully saturated rings. The fraction of sp³-hybridized carbons (Fsp3) is 0.194. The van der Waals surface area contributed by atoms with Crippen molar-refractivity contribution in [2.45, 2.75) is 32.3 Å². The van der Waals surface area contributed by atoms with Gasteiger partial charge in [0.25, 0.3) is 0 Å². The first kappa shape index (κ1) is 27.3. The lowest BCUT2D eigenvalue weighted by Crippen LogP contribution is -2.02. The molecule has 0 atom stereocenters. The lowest BCUT2D eigenvalue weighted by Gasteiger charge is -2.12. The number of carbonyl (C=O) groups excluding carboxylic acids is 1. The van der Waals surface area contributed by atoms with Gasteiger partial charge in [0.05, 0.1) is 10.5 Å². The van der Waals surface area contributed by atoms with Gasteiger partial charge < -0.3 is 19.6 Å². The summed E-state index contributed by atoms with van der Waals surface area (Å²) in [6.45, 7) is -0.136. The summed E-state index contributed by atoms with van der Waals surface area (Å²) in [5.74, 6) is 2.25. The molecule has 2 heterocycles. The molecule has 0 radical (unpaired) electrons. The number of aliphatic hydroxyl groups is 1. The number of ether oxygens (including phenoxy) is 1. The van der Waals surface area contributed by atoms with E-state index in [2.05, 4.69) is 15.3 Å². The Balaban J connectivity index is 1.28. The van der Waals surface area contributed by atoms with Crippen LogP contribution in [0.5, 0.6) is 5.75 Å². The van der Waals surface area contributed by atoms with Gasteiger partial charge in [0.15, 0.2) is 5.78 Å². The summed E-state index contributed by atoms with van der Waals surface area (Å²) < 4.78 is 25.0. The number of aromatic nitrogens is 2. The summed E-state index contributed by atoms with van der Waals surface area (Å²) in [4.78, 5) is 20.1. The van der Waals surface area contributed by atoms with Crippen LogP contribution in [0.4, 0.5) is 15.9 Å². The summed E-state index contributed by atoms with van der Waals surface area (Å²) in [5, 5.41) is 13.4. The van der Waals surface area contributed by atoms with E-state index in [1.54, 1.807) is 24.3 Å². The molecule has 0 amide bonds. The molecule has 0 unspecified atom stereocenters. The van der Waals surface area contributed by atoms with Crippen LogP contribution in [-0.2, 0) is 17.8 Å². The number of halogens is 2. The average molecular weight is 560 g/mol. The number of benzene rings is 3. The topological polar surface area (TPSA) is 97.5 Å². The van der Waals surface area contributed by atoms with Crippen molar-refractivity contribution in [3.63, 3.8) is 0 Å². The number of furan rings is 1. The first-order valence-corrected chi connectivity index (χ1v) is 13.3. The Morgan fingerprint density at radius 1 is 1.00 bits per heavy atom. The van der Waals surface area contributed by atoms with Crippen LogP contribution in [0, 0.1) is 5.82 Å². The number of anilines is 2. The van der Waals surface area contributed by atoms with Gasteiger partial charge in [-0.15, -0.1) is 0 Å². The first-order chi connectivity index (χ1) is 19.5. The number of nitrogens with zero attached hydrogens (tertiary/aromatic N) is 2. The molecule has 5 aromatic rings. The third-order valence-corrected chi connectivity index (χ3v) is 6.68. The van der Waals surface area contributed by atoms with E-state index in [0.29, 0.717) is 35.9 Å². The number of carbonyl (C=O) groups is 1. The monoisotopic (exact) mass is 559 g/mol. The van der Waals surface area contributed by atoms with Gasteiger partial charge in [-0.2, -0.15) is 0 Å². The molecule has 2 N–H and O–H groups in total. The highest BCUT2D eigenvalue weighted by Crippen LogP contribution is 2.33. The number of hydrogen-bond acceptors (Lipinski definition) is 7. The zero-order valence-corrected chi connectivity index (χ0v) is 22.3. The molecule has 0 aliphatic rings. The van der Waals surface area contributed by atoms with Crippen molar-refractivity contribution in [1.82, 2.24) is 9.97 Å². The lowest BCUT2D eigenvalue weighted by molar-refractivity contribution is -0.121. The number of hydrogen-bond donors (Lipinski definition) is 2. The number of ketones is 1. The highest BCUT2D eigenvalue weighted by Gasteiger charge is 2.11. The van der Waals surface area contributed by atoms with Crippen LogP contribution >= 0.6 is 11.6 Å². The van der Waals surface area contributed by atoms with Gasteiger partial charge in [0.2, 0.25) is 0 Å². The molecule has 0 saturated carbocycles. The van der Waals surface area contributed by atoms with Crippen molar-refractivity contribution in [2.75, 3.05) is 11.9 Å². The second kappa shape index (κ2) is 12.7. The van der Waals surface area contributed by atoms with Crippen molar-refractivity contribution < 1.29 is 23.4 Å². The van der Waals surface area contributed by atoms with Gasteiger partial charge in [0, 0.05) is 29.5 Å². The van der Waals surface area contributed by atoms with Crippen molar-refractivity contribution >= 4 is 39.8 Å². The van der Waals surface area contributed by atoms with Gasteiger partial charge in [-0.05, 0) is 79.1 Å². The molecule has 40 heavy (non-hydrogen) atoms. The Morgan fingerprint density at radius 3 is 2.65 bits per heavy atom. The van der Waals surface area contributed by atoms with Crippen molar-refractivity contribution in [3.8, 4) is 17.1 Å². The summed E-state index contributed by atoms with van der Waals surface area (Å²) in [7, 11) is 0. The SMILES string of the molecule is O=C(CO)CCCCc1ccc(-c2ccc3ncnc(Nc4ccc(OCc5ccc(F)cc5)c(Cl)c4)c3c2)o1. The Hall–Kier alpha value is -4.27. The zero-order chi connectivity index (χ0) is 27.9. The number of rotatable bonds is 12. The normalized spacial score (nSPS) is 11.1. The largest absolute Gasteiger partial charge is 0.487 e. The molecule has 2 aromatic heterocycles. The summed E-state index contributed by atoms with van der Waals surface area (Å²) >= 11 is 6.48. The number of nitrogens with one attached hydrogen (secondary N) is 1. The second-order valence-corrected chi connectivity index (χ2v) is 9.72. The van der Waals surface area contributed by atoms with Gasteiger partial charge in [-0.1, -0.05) is 23.7 Å². The van der Waals surface area contributed by atoms with Crippen LogP contribution in [0.15, 0.2) is 83.5 Å². The molecule has 0 bridgehead atoms. The van der Waals surface area contributed by atoms with E-state index in [-0.39, 0.29) is 18.2 Å². The maximum absolute atomic E-state index is 13.1. The first-order valence-electron chi connectivity index (χ1n) is 12.9. The zero-order valence-electron chi connectivity index (χ0n) is 21.6. The van der Waals surface area contributed by atoms with E-state index in [1.807, 2.05) is 36.4 Å². The maximum atomic E-state index is 13.1. The van der Waals surface area contributed by atoms with E-state index in [1.165, 1.54) is 18.5 Å². The smallest absolute Gasteiger partial charge is 0.158 e. The van der Waals surface area contributed by atoms with Crippen LogP contribution in [0.1, 0.15) is 30.6 Å². The Bertz CT molecular complexity index is 1620. The van der Waals surface area contributed by atoms with Crippen molar-refractivity contribution in [3.05, 3.63) is 101 Å². The van der Waals surface area contributed by atoms with Crippen LogP contribution in [0.2, 0.25) is 5.02 Å². The molecular formula is C31H27ClFN3O4. The number of aryl methyl sites for hydroxylation is 1. The highest BCUT2D eigenvalue weighted by atomic mass is 35.5. The quantitative estimate of drug-likeness (QED) is 0.155. The van der Waals surface area contributed by atoms with Crippen molar-refractivity contribution in [2.24, 2.45) is 0 Å². The summed E-state index contributed by atoms with van der Waals surface area (Å²) in [6.07, 6.45) is 4.10. The fourth-order valence-electron chi connectivity index (χ4n) is 4.25. The minimum absolute atomic E-state index is 0.142. The second-order valence-electron chi connectivity index (χ2n) is 9.31. The van der Waals surface area contributed by atoms with E-state index >= 15 is 0 Å². The molecule has 0 aliphatic heterocycles. The fourth-order valence-corrected chi connectivity index (χ4v) is 4.49. The van der Waals surface area contributed by atoms with Gasteiger partial charge >= 0.3 is 0 Å². The maximum Gasteiger partial charge on any atom is 0.158 e. The van der Waals surface area contributed by atoms with Crippen LogP contribution < -0.4 is 10.1 Å². The molecule has 7 nitrogen and oxygen atoms in total. The molecule has 5 rings (SSSR count). The number of Topliss-reactive ketones (excluding diaryl/α,β-unsaturated/α-hetero) is 1. The molecular weight excluding hydrogens is 533 g/mol. The highest BCUT2D eigenvalue weighted by molar-refractivity contribution is 6.32. The van der Waals surface area contributed by atoms with Crippen LogP contribution in [0.25, 0.3) is 22.2 Å². The number of unbranched alkanes of at least 4 members (excludes halogenated alkanes) is 1. The average Bonchev–Trinajstić information content (AvgIpc) is 3.44. The lowest BCUT2D eigenvalue weighted by atomic mass is 10.1. The van der Waals surface area contributed by atoms with Gasteiger partial charge in [-0.25, -0.2) is 14.4 Å². The molecule has 9 heteroatoms. The molecule has 0 aliphatic carbocycles. The summed E-state index contributed by atoms with van der Waals surface area (Å²) in [6, 6.07) is 21.2. The van der Waals surface area contributed by atoms with Crippen molar-refractivity contribution in [1.29, 1.82) is 0 Å². The molecule has 204 valence electrons. The number of fused-ring (bicyclic) bond motifs is 1.